The van der Waals surface area contributed by atoms with Crippen LogP contribution in [0.4, 0.5) is 5.69 Å². The number of carbonyl (C=O) groups excluding carboxylic acids is 1. The second-order valence-corrected chi connectivity index (χ2v) is 8.24. The molecule has 5 nitrogen and oxygen atoms in total. The number of morpholine rings is 1. The van der Waals surface area contributed by atoms with Gasteiger partial charge in [-0.15, -0.1) is 0 Å². The van der Waals surface area contributed by atoms with Crippen LogP contribution in [0.5, 0.6) is 0 Å². The number of benzene rings is 2. The minimum atomic E-state index is -0.257. The highest BCUT2D eigenvalue weighted by Gasteiger charge is 2.14. The number of ether oxygens (including phenoxy) is 1. The highest BCUT2D eigenvalue weighted by molar-refractivity contribution is 7.80. The minimum absolute atomic E-state index is 0.257. The first-order chi connectivity index (χ1) is 14.5. The summed E-state index contributed by atoms with van der Waals surface area (Å²) in [5.41, 5.74) is 4.39. The molecule has 1 fully saturated rings. The Hall–Kier alpha value is -2.54. The van der Waals surface area contributed by atoms with E-state index in [9.17, 15) is 4.79 Å². The zero-order valence-electron chi connectivity index (χ0n) is 17.6. The molecule has 6 heteroatoms. The van der Waals surface area contributed by atoms with E-state index in [1.165, 1.54) is 22.1 Å². The molecule has 0 unspecified atom stereocenters. The number of anilines is 1. The number of amides is 1. The fraction of sp³-hybridized carbons (Fsp3) is 0.333. The first-order valence-electron chi connectivity index (χ1n) is 10.4. The van der Waals surface area contributed by atoms with Gasteiger partial charge in [0.25, 0.3) is 0 Å². The van der Waals surface area contributed by atoms with E-state index in [4.69, 9.17) is 17.0 Å². The van der Waals surface area contributed by atoms with Crippen LogP contribution in [0.2, 0.25) is 0 Å². The van der Waals surface area contributed by atoms with Crippen LogP contribution in [0, 0.1) is 0 Å². The Balaban J connectivity index is 1.45. The number of nitrogens with one attached hydrogen (secondary N) is 3. The van der Waals surface area contributed by atoms with Gasteiger partial charge < -0.3 is 15.0 Å². The lowest BCUT2D eigenvalue weighted by molar-refractivity contribution is -0.921. The summed E-state index contributed by atoms with van der Waals surface area (Å²) in [6.45, 7) is 9.07. The molecule has 0 spiro atoms. The molecule has 0 aliphatic carbocycles. The van der Waals surface area contributed by atoms with Gasteiger partial charge in [-0.2, -0.15) is 0 Å². The quantitative estimate of drug-likeness (QED) is 0.493. The Bertz CT molecular complexity index is 870. The first kappa shape index (κ1) is 22.2. The van der Waals surface area contributed by atoms with Gasteiger partial charge in [0.2, 0.25) is 5.91 Å². The molecule has 0 radical (unpaired) electrons. The van der Waals surface area contributed by atoms with Gasteiger partial charge in [0.05, 0.1) is 13.2 Å². The van der Waals surface area contributed by atoms with Gasteiger partial charge in [-0.05, 0) is 47.5 Å². The summed E-state index contributed by atoms with van der Waals surface area (Å²) in [7, 11) is 0. The van der Waals surface area contributed by atoms with Crippen LogP contribution in [0.3, 0.4) is 0 Å². The normalized spacial score (nSPS) is 14.8. The van der Waals surface area contributed by atoms with E-state index in [1.807, 2.05) is 24.3 Å². The fourth-order valence-electron chi connectivity index (χ4n) is 3.31. The summed E-state index contributed by atoms with van der Waals surface area (Å²) in [5.74, 6) is 0.234. The summed E-state index contributed by atoms with van der Waals surface area (Å²) < 4.78 is 5.40. The van der Waals surface area contributed by atoms with Crippen LogP contribution in [-0.2, 0) is 16.1 Å². The van der Waals surface area contributed by atoms with Crippen LogP contribution in [-0.4, -0.2) is 37.3 Å². The van der Waals surface area contributed by atoms with Crippen molar-refractivity contribution in [3.8, 4) is 0 Å². The summed E-state index contributed by atoms with van der Waals surface area (Å²) in [6, 6.07) is 16.3. The van der Waals surface area contributed by atoms with E-state index in [0.29, 0.717) is 5.92 Å². The Morgan fingerprint density at radius 2 is 1.77 bits per heavy atom. The van der Waals surface area contributed by atoms with Gasteiger partial charge in [-0.25, -0.2) is 0 Å². The van der Waals surface area contributed by atoms with Crippen LogP contribution in [0.1, 0.15) is 36.5 Å². The SMILES string of the molecule is CC(C)c1ccc(/C=C/C(=O)NC(=S)Nc2ccc(C[NH+]3CCOCC3)cc2)cc1. The van der Waals surface area contributed by atoms with Gasteiger partial charge in [0.1, 0.15) is 19.6 Å². The maximum Gasteiger partial charge on any atom is 0.250 e. The number of hydrogen-bond donors (Lipinski definition) is 3. The third-order valence-electron chi connectivity index (χ3n) is 5.13. The van der Waals surface area contributed by atoms with Crippen LogP contribution in [0.15, 0.2) is 54.6 Å². The average molecular weight is 425 g/mol. The zero-order chi connectivity index (χ0) is 21.3. The molecule has 30 heavy (non-hydrogen) atoms. The highest BCUT2D eigenvalue weighted by Crippen LogP contribution is 2.15. The molecule has 0 atom stereocenters. The summed E-state index contributed by atoms with van der Waals surface area (Å²) in [5, 5.41) is 6.03. The Morgan fingerprint density at radius 1 is 1.10 bits per heavy atom. The maximum absolute atomic E-state index is 12.1. The van der Waals surface area contributed by atoms with Crippen molar-refractivity contribution in [1.82, 2.24) is 5.32 Å². The second kappa shape index (κ2) is 11.0. The van der Waals surface area contributed by atoms with Gasteiger partial charge in [0.15, 0.2) is 5.11 Å². The lowest BCUT2D eigenvalue weighted by Crippen LogP contribution is -3.12. The molecule has 3 N–H and O–H groups in total. The number of hydrogen-bond acceptors (Lipinski definition) is 3. The smallest absolute Gasteiger partial charge is 0.250 e. The topological polar surface area (TPSA) is 54.8 Å². The van der Waals surface area contributed by atoms with Crippen molar-refractivity contribution in [2.45, 2.75) is 26.3 Å². The van der Waals surface area contributed by atoms with E-state index in [-0.39, 0.29) is 11.0 Å². The lowest BCUT2D eigenvalue weighted by atomic mass is 10.0. The lowest BCUT2D eigenvalue weighted by Gasteiger charge is -2.23. The molecule has 1 aliphatic heterocycles. The molecular formula is C24H30N3O2S+. The van der Waals surface area contributed by atoms with Crippen molar-refractivity contribution in [1.29, 1.82) is 0 Å². The van der Waals surface area contributed by atoms with Gasteiger partial charge in [0, 0.05) is 17.3 Å². The number of thiocarbonyl (C=S) groups is 1. The molecule has 1 amide bonds. The number of rotatable bonds is 6. The summed E-state index contributed by atoms with van der Waals surface area (Å²) in [6.07, 6.45) is 3.28. The van der Waals surface area contributed by atoms with Crippen molar-refractivity contribution in [2.24, 2.45) is 0 Å². The fourth-order valence-corrected chi connectivity index (χ4v) is 3.53. The molecule has 0 aromatic heterocycles. The molecule has 1 aliphatic rings. The third-order valence-corrected chi connectivity index (χ3v) is 5.34. The number of carbonyl (C=O) groups is 1. The number of quaternary nitrogens is 1. The Morgan fingerprint density at radius 3 is 2.40 bits per heavy atom. The van der Waals surface area contributed by atoms with Crippen molar-refractivity contribution >= 4 is 35.0 Å². The Kier molecular flexibility index (Phi) is 8.13. The highest BCUT2D eigenvalue weighted by atomic mass is 32.1. The van der Waals surface area contributed by atoms with Crippen molar-refractivity contribution < 1.29 is 14.4 Å². The molecule has 3 rings (SSSR count). The Labute approximate surface area is 184 Å². The van der Waals surface area contributed by atoms with Crippen LogP contribution in [0.25, 0.3) is 6.08 Å². The molecule has 1 saturated heterocycles. The molecule has 2 aromatic rings. The van der Waals surface area contributed by atoms with E-state index in [2.05, 4.69) is 48.7 Å². The van der Waals surface area contributed by atoms with Gasteiger partial charge in [-0.3, -0.25) is 10.1 Å². The predicted octanol–water partition coefficient (Wildman–Crippen LogP) is 2.75. The monoisotopic (exact) mass is 424 g/mol. The average Bonchev–Trinajstić information content (AvgIpc) is 2.74. The molecule has 2 aromatic carbocycles. The zero-order valence-corrected chi connectivity index (χ0v) is 18.4. The van der Waals surface area contributed by atoms with Crippen molar-refractivity contribution in [3.05, 3.63) is 71.3 Å². The van der Waals surface area contributed by atoms with Gasteiger partial charge >= 0.3 is 0 Å². The van der Waals surface area contributed by atoms with E-state index in [0.717, 1.165) is 44.1 Å². The summed E-state index contributed by atoms with van der Waals surface area (Å²) >= 11 is 5.26. The van der Waals surface area contributed by atoms with Gasteiger partial charge in [-0.1, -0.05) is 50.2 Å². The van der Waals surface area contributed by atoms with Crippen molar-refractivity contribution in [3.63, 3.8) is 0 Å². The third kappa shape index (κ3) is 7.06. The standard InChI is InChI=1S/C24H29N3O2S/c1-18(2)21-8-3-19(4-9-21)7-12-23(28)26-24(30)25-22-10-5-20(6-11-22)17-27-13-15-29-16-14-27/h3-12,18H,13-17H2,1-2H3,(H2,25,26,28,30)/p+1/b12-7+. The first-order valence-corrected chi connectivity index (χ1v) is 10.8. The molecule has 1 heterocycles. The van der Waals surface area contributed by atoms with Crippen molar-refractivity contribution in [2.75, 3.05) is 31.6 Å². The van der Waals surface area contributed by atoms with E-state index >= 15 is 0 Å². The van der Waals surface area contributed by atoms with Crippen LogP contribution >= 0.6 is 12.2 Å². The maximum atomic E-state index is 12.1. The largest absolute Gasteiger partial charge is 0.370 e. The molecule has 158 valence electrons. The van der Waals surface area contributed by atoms with E-state index < -0.39 is 0 Å². The predicted molar refractivity (Wildman–Crippen MR) is 126 cm³/mol. The molecule has 0 bridgehead atoms. The molecule has 0 saturated carbocycles. The van der Waals surface area contributed by atoms with Crippen LogP contribution < -0.4 is 15.5 Å². The second-order valence-electron chi connectivity index (χ2n) is 7.83. The minimum Gasteiger partial charge on any atom is -0.370 e. The molecular weight excluding hydrogens is 394 g/mol. The summed E-state index contributed by atoms with van der Waals surface area (Å²) in [4.78, 5) is 13.7. The van der Waals surface area contributed by atoms with E-state index in [1.54, 1.807) is 6.08 Å².